The number of ether oxygens (including phenoxy) is 2. The van der Waals surface area contributed by atoms with Crippen molar-refractivity contribution >= 4 is 17.5 Å². The lowest BCUT2D eigenvalue weighted by Gasteiger charge is -2.15. The van der Waals surface area contributed by atoms with Gasteiger partial charge >= 0.3 is 0 Å². The van der Waals surface area contributed by atoms with Crippen LogP contribution in [0.25, 0.3) is 11.4 Å². The van der Waals surface area contributed by atoms with Crippen molar-refractivity contribution in [3.8, 4) is 22.9 Å². The summed E-state index contributed by atoms with van der Waals surface area (Å²) < 4.78 is 17.8. The lowest BCUT2D eigenvalue weighted by atomic mass is 10.1. The molecule has 3 heterocycles. The number of rotatable bonds is 4. The van der Waals surface area contributed by atoms with Crippen molar-refractivity contribution in [3.63, 3.8) is 0 Å². The highest BCUT2D eigenvalue weighted by Gasteiger charge is 2.23. The van der Waals surface area contributed by atoms with Gasteiger partial charge in [-0.05, 0) is 31.2 Å². The molecule has 128 valence electrons. The number of fused-ring (bicyclic) bond motifs is 1. The Bertz CT molecular complexity index is 961. The van der Waals surface area contributed by atoms with E-state index < -0.39 is 0 Å². The number of hydrogen-bond donors (Lipinski definition) is 0. The van der Waals surface area contributed by atoms with E-state index in [0.29, 0.717) is 23.1 Å². The van der Waals surface area contributed by atoms with Gasteiger partial charge in [-0.2, -0.15) is 9.78 Å². The maximum absolute atomic E-state index is 5.39. The molecule has 0 N–H and O–H groups in total. The third-order valence-electron chi connectivity index (χ3n) is 3.99. The second-order valence-electron chi connectivity index (χ2n) is 5.41. The molecule has 1 aliphatic heterocycles. The van der Waals surface area contributed by atoms with Crippen LogP contribution in [0.5, 0.6) is 11.5 Å². The fraction of sp³-hybridized carbons (Fsp3) is 0.235. The van der Waals surface area contributed by atoms with Crippen molar-refractivity contribution in [2.75, 3.05) is 20.0 Å². The van der Waals surface area contributed by atoms with Gasteiger partial charge in [0.15, 0.2) is 17.3 Å². The molecule has 8 heteroatoms. The lowest BCUT2D eigenvalue weighted by molar-refractivity contribution is 0.355. The molecule has 0 saturated carbocycles. The Hall–Kier alpha value is -2.74. The number of methoxy groups -OCH3 is 2. The van der Waals surface area contributed by atoms with Gasteiger partial charge in [0, 0.05) is 11.3 Å². The van der Waals surface area contributed by atoms with E-state index in [1.54, 1.807) is 36.9 Å². The normalized spacial score (nSPS) is 13.3. The Morgan fingerprint density at radius 1 is 1.12 bits per heavy atom. The second-order valence-corrected chi connectivity index (χ2v) is 6.36. The molecule has 7 nitrogen and oxygen atoms in total. The van der Waals surface area contributed by atoms with E-state index in [1.807, 2.05) is 31.2 Å². The smallest absolute Gasteiger partial charge is 0.212 e. The summed E-state index contributed by atoms with van der Waals surface area (Å²) in [6, 6.07) is 7.65. The van der Waals surface area contributed by atoms with Crippen molar-refractivity contribution < 1.29 is 13.9 Å². The quantitative estimate of drug-likeness (QED) is 0.714. The standard InChI is InChI=1S/C17H16N4O3S/c1-10-12(6-7-24-10)16-18-19-17-21(16)20-13(9-25-17)11-4-5-14(22-2)15(8-11)23-3/h4-8H,9H2,1-3H3. The summed E-state index contributed by atoms with van der Waals surface area (Å²) in [4.78, 5) is 0. The summed E-state index contributed by atoms with van der Waals surface area (Å²) in [5.74, 6) is 3.53. The Balaban J connectivity index is 1.78. The molecule has 0 saturated heterocycles. The molecular weight excluding hydrogens is 340 g/mol. The summed E-state index contributed by atoms with van der Waals surface area (Å²) in [5.41, 5.74) is 2.77. The predicted octanol–water partition coefficient (Wildman–Crippen LogP) is 3.22. The van der Waals surface area contributed by atoms with Gasteiger partial charge in [-0.15, -0.1) is 10.2 Å². The molecule has 0 radical (unpaired) electrons. The van der Waals surface area contributed by atoms with Crippen LogP contribution in [0.4, 0.5) is 0 Å². The molecule has 0 aliphatic carbocycles. The number of benzene rings is 1. The first kappa shape index (κ1) is 15.8. The van der Waals surface area contributed by atoms with Gasteiger partial charge in [0.1, 0.15) is 5.76 Å². The Morgan fingerprint density at radius 3 is 2.68 bits per heavy atom. The number of aromatic nitrogens is 3. The molecule has 0 spiro atoms. The number of aryl methyl sites for hydroxylation is 1. The molecule has 0 amide bonds. The average molecular weight is 356 g/mol. The molecule has 1 aliphatic rings. The molecule has 25 heavy (non-hydrogen) atoms. The highest BCUT2D eigenvalue weighted by Crippen LogP contribution is 2.32. The molecule has 0 fully saturated rings. The van der Waals surface area contributed by atoms with Gasteiger partial charge < -0.3 is 13.9 Å². The number of thioether (sulfide) groups is 1. The molecule has 3 aromatic rings. The number of hydrogen-bond acceptors (Lipinski definition) is 7. The van der Waals surface area contributed by atoms with E-state index in [1.165, 1.54) is 0 Å². The van der Waals surface area contributed by atoms with Crippen LogP contribution in [-0.4, -0.2) is 40.6 Å². The number of furan rings is 1. The van der Waals surface area contributed by atoms with Crippen molar-refractivity contribution in [2.24, 2.45) is 5.10 Å². The lowest BCUT2D eigenvalue weighted by Crippen LogP contribution is -2.14. The van der Waals surface area contributed by atoms with Crippen molar-refractivity contribution in [2.45, 2.75) is 12.1 Å². The maximum atomic E-state index is 5.39. The first-order valence-corrected chi connectivity index (χ1v) is 8.62. The summed E-state index contributed by atoms with van der Waals surface area (Å²) in [7, 11) is 3.24. The van der Waals surface area contributed by atoms with Gasteiger partial charge in [-0.3, -0.25) is 0 Å². The first-order valence-electron chi connectivity index (χ1n) is 7.64. The summed E-state index contributed by atoms with van der Waals surface area (Å²) in [5, 5.41) is 14.0. The van der Waals surface area contributed by atoms with Gasteiger partial charge in [-0.25, -0.2) is 0 Å². The minimum Gasteiger partial charge on any atom is -0.493 e. The second kappa shape index (κ2) is 6.29. The zero-order valence-electron chi connectivity index (χ0n) is 14.0. The predicted molar refractivity (Wildman–Crippen MR) is 94.7 cm³/mol. The Labute approximate surface area is 148 Å². The molecule has 0 bridgehead atoms. The molecule has 0 unspecified atom stereocenters. The van der Waals surface area contributed by atoms with Crippen molar-refractivity contribution in [3.05, 3.63) is 41.9 Å². The van der Waals surface area contributed by atoms with Gasteiger partial charge in [-0.1, -0.05) is 11.8 Å². The molecule has 0 atom stereocenters. The Morgan fingerprint density at radius 2 is 1.96 bits per heavy atom. The Kier molecular flexibility index (Phi) is 3.96. The van der Waals surface area contributed by atoms with Crippen molar-refractivity contribution in [1.82, 2.24) is 14.9 Å². The zero-order valence-corrected chi connectivity index (χ0v) is 14.8. The highest BCUT2D eigenvalue weighted by atomic mass is 32.2. The van der Waals surface area contributed by atoms with Gasteiger partial charge in [0.05, 0.1) is 31.8 Å². The molecule has 4 rings (SSSR count). The maximum Gasteiger partial charge on any atom is 0.212 e. The van der Waals surface area contributed by atoms with E-state index in [4.69, 9.17) is 19.0 Å². The summed E-state index contributed by atoms with van der Waals surface area (Å²) in [6.07, 6.45) is 1.64. The first-order chi connectivity index (χ1) is 12.2. The van der Waals surface area contributed by atoms with Crippen LogP contribution in [-0.2, 0) is 0 Å². The molecular formula is C17H16N4O3S. The minimum atomic E-state index is 0.673. The average Bonchev–Trinajstić information content (AvgIpc) is 3.26. The fourth-order valence-corrected chi connectivity index (χ4v) is 3.51. The van der Waals surface area contributed by atoms with E-state index >= 15 is 0 Å². The third-order valence-corrected chi connectivity index (χ3v) is 4.92. The van der Waals surface area contributed by atoms with E-state index in [0.717, 1.165) is 27.8 Å². The van der Waals surface area contributed by atoms with Crippen LogP contribution in [0.1, 0.15) is 11.3 Å². The van der Waals surface area contributed by atoms with Crippen LogP contribution >= 0.6 is 11.8 Å². The van der Waals surface area contributed by atoms with Crippen molar-refractivity contribution in [1.29, 1.82) is 0 Å². The van der Waals surface area contributed by atoms with Crippen LogP contribution in [0, 0.1) is 6.92 Å². The third kappa shape index (κ3) is 2.68. The van der Waals surface area contributed by atoms with Gasteiger partial charge in [0.2, 0.25) is 5.16 Å². The van der Waals surface area contributed by atoms with Crippen LogP contribution in [0.3, 0.4) is 0 Å². The monoisotopic (exact) mass is 356 g/mol. The zero-order chi connectivity index (χ0) is 17.4. The topological polar surface area (TPSA) is 74.7 Å². The largest absolute Gasteiger partial charge is 0.493 e. The van der Waals surface area contributed by atoms with E-state index in [2.05, 4.69) is 10.2 Å². The number of nitrogens with zero attached hydrogens (tertiary/aromatic N) is 4. The van der Waals surface area contributed by atoms with E-state index in [-0.39, 0.29) is 0 Å². The highest BCUT2D eigenvalue weighted by molar-refractivity contribution is 7.99. The van der Waals surface area contributed by atoms with Crippen LogP contribution in [0.15, 0.2) is 45.2 Å². The fourth-order valence-electron chi connectivity index (χ4n) is 2.67. The van der Waals surface area contributed by atoms with Crippen LogP contribution < -0.4 is 9.47 Å². The molecule has 1 aromatic carbocycles. The molecule has 2 aromatic heterocycles. The summed E-state index contributed by atoms with van der Waals surface area (Å²) >= 11 is 1.59. The SMILES string of the molecule is COc1ccc(C2=Nn3c(nnc3-c3ccoc3C)SC2)cc1OC. The summed E-state index contributed by atoms with van der Waals surface area (Å²) in [6.45, 7) is 1.89. The van der Waals surface area contributed by atoms with Crippen LogP contribution in [0.2, 0.25) is 0 Å². The van der Waals surface area contributed by atoms with E-state index in [9.17, 15) is 0 Å². The minimum absolute atomic E-state index is 0.673. The van der Waals surface area contributed by atoms with Gasteiger partial charge in [0.25, 0.3) is 0 Å².